The Kier molecular flexibility index (Phi) is 3.51. The smallest absolute Gasteiger partial charge is 0.126 e. The van der Waals surface area contributed by atoms with Gasteiger partial charge < -0.3 is 9.84 Å². The summed E-state index contributed by atoms with van der Waals surface area (Å²) in [5.41, 5.74) is -1.14. The summed E-state index contributed by atoms with van der Waals surface area (Å²) in [6, 6.07) is 0. The third kappa shape index (κ3) is 2.06. The lowest BCUT2D eigenvalue weighted by Gasteiger charge is -2.46. The van der Waals surface area contributed by atoms with E-state index in [0.29, 0.717) is 18.8 Å². The van der Waals surface area contributed by atoms with Crippen LogP contribution in [0.5, 0.6) is 0 Å². The molecule has 88 valence electrons. The van der Waals surface area contributed by atoms with Crippen molar-refractivity contribution in [3.05, 3.63) is 4.91 Å². The number of hydrogen-bond acceptors (Lipinski definition) is 4. The average molecular weight is 215 g/mol. The monoisotopic (exact) mass is 215 g/mol. The zero-order valence-electron chi connectivity index (χ0n) is 9.99. The van der Waals surface area contributed by atoms with Gasteiger partial charge in [0.1, 0.15) is 5.54 Å². The molecule has 0 spiro atoms. The summed E-state index contributed by atoms with van der Waals surface area (Å²) in [7, 11) is 1.67. The van der Waals surface area contributed by atoms with Crippen molar-refractivity contribution in [3.63, 3.8) is 0 Å². The Hall–Kier alpha value is -0.480. The number of methoxy groups -OCH3 is 1. The summed E-state index contributed by atoms with van der Waals surface area (Å²) in [5.74, 6) is 0.327. The lowest BCUT2D eigenvalue weighted by molar-refractivity contribution is -0.123. The van der Waals surface area contributed by atoms with Crippen molar-refractivity contribution in [2.75, 3.05) is 7.11 Å². The Morgan fingerprint density at radius 2 is 2.07 bits per heavy atom. The van der Waals surface area contributed by atoms with Crippen LogP contribution >= 0.6 is 0 Å². The summed E-state index contributed by atoms with van der Waals surface area (Å²) < 4.78 is 5.54. The highest BCUT2D eigenvalue weighted by Gasteiger charge is 2.49. The summed E-state index contributed by atoms with van der Waals surface area (Å²) >= 11 is 0. The normalized spacial score (nSPS) is 41.9. The second-order valence-corrected chi connectivity index (χ2v) is 5.09. The first kappa shape index (κ1) is 12.6. The van der Waals surface area contributed by atoms with Crippen molar-refractivity contribution < 1.29 is 9.84 Å². The van der Waals surface area contributed by atoms with Gasteiger partial charge >= 0.3 is 0 Å². The number of aliphatic hydroxyl groups is 1. The number of nitroso groups, excluding NO2 is 1. The maximum Gasteiger partial charge on any atom is 0.126 e. The zero-order valence-corrected chi connectivity index (χ0v) is 9.99. The maximum absolute atomic E-state index is 10.7. The number of hydrogen-bond donors (Lipinski definition) is 1. The molecule has 0 heterocycles. The van der Waals surface area contributed by atoms with Crippen molar-refractivity contribution >= 4 is 0 Å². The Morgan fingerprint density at radius 3 is 2.40 bits per heavy atom. The van der Waals surface area contributed by atoms with E-state index in [4.69, 9.17) is 4.74 Å². The molecule has 0 aromatic heterocycles. The first-order valence-corrected chi connectivity index (χ1v) is 5.48. The van der Waals surface area contributed by atoms with Gasteiger partial charge in [-0.2, -0.15) is 4.91 Å². The van der Waals surface area contributed by atoms with Crippen molar-refractivity contribution in [2.24, 2.45) is 11.1 Å². The van der Waals surface area contributed by atoms with E-state index in [2.05, 4.69) is 19.0 Å². The molecule has 1 fully saturated rings. The molecular formula is C11H21NO3. The van der Waals surface area contributed by atoms with Gasteiger partial charge in [-0.1, -0.05) is 19.0 Å². The Bertz CT molecular complexity index is 244. The molecule has 0 amide bonds. The van der Waals surface area contributed by atoms with Crippen molar-refractivity contribution in [2.45, 2.75) is 57.3 Å². The van der Waals surface area contributed by atoms with E-state index >= 15 is 0 Å². The third-order valence-electron chi connectivity index (χ3n) is 3.98. The molecule has 1 saturated carbocycles. The highest BCUT2D eigenvalue weighted by molar-refractivity contribution is 5.03. The van der Waals surface area contributed by atoms with Gasteiger partial charge in [-0.15, -0.1) is 0 Å². The molecule has 1 N–H and O–H groups in total. The van der Waals surface area contributed by atoms with Gasteiger partial charge in [0.05, 0.1) is 11.7 Å². The molecule has 0 aromatic rings. The van der Waals surface area contributed by atoms with Gasteiger partial charge in [0.15, 0.2) is 0 Å². The van der Waals surface area contributed by atoms with E-state index < -0.39 is 11.6 Å². The average Bonchev–Trinajstić information content (AvgIpc) is 2.22. The highest BCUT2D eigenvalue weighted by Crippen LogP contribution is 2.42. The fourth-order valence-electron chi connectivity index (χ4n) is 2.33. The van der Waals surface area contributed by atoms with E-state index in [-0.39, 0.29) is 5.60 Å². The SMILES string of the molecule is COC1(C(C)C)CCC(C)(N=O)C(O)C1. The third-order valence-corrected chi connectivity index (χ3v) is 3.98. The number of nitrogens with zero attached hydrogens (tertiary/aromatic N) is 1. The van der Waals surface area contributed by atoms with E-state index in [0.717, 1.165) is 6.42 Å². The molecule has 3 unspecified atom stereocenters. The number of aliphatic hydroxyl groups excluding tert-OH is 1. The standard InChI is InChI=1S/C11H21NO3/c1-8(2)11(15-4)6-5-10(3,12-14)9(13)7-11/h8-9,13H,5-7H2,1-4H3. The van der Waals surface area contributed by atoms with E-state index in [1.807, 2.05) is 0 Å². The minimum atomic E-state index is -0.836. The molecule has 0 aliphatic heterocycles. The van der Waals surface area contributed by atoms with Gasteiger partial charge in [0.2, 0.25) is 0 Å². The van der Waals surface area contributed by atoms with Crippen LogP contribution in [0.15, 0.2) is 5.18 Å². The second kappa shape index (κ2) is 4.18. The highest BCUT2D eigenvalue weighted by atomic mass is 16.5. The van der Waals surface area contributed by atoms with E-state index in [9.17, 15) is 10.0 Å². The van der Waals surface area contributed by atoms with Crippen molar-refractivity contribution in [1.82, 2.24) is 0 Å². The zero-order chi connectivity index (χ0) is 11.7. The molecular weight excluding hydrogens is 194 g/mol. The van der Waals surface area contributed by atoms with Crippen LogP contribution in [0.3, 0.4) is 0 Å². The molecule has 4 heteroatoms. The van der Waals surface area contributed by atoms with Gasteiger partial charge in [-0.25, -0.2) is 0 Å². The maximum atomic E-state index is 10.7. The summed E-state index contributed by atoms with van der Waals surface area (Å²) in [4.78, 5) is 10.7. The van der Waals surface area contributed by atoms with Crippen LogP contribution in [-0.4, -0.2) is 29.5 Å². The molecule has 4 nitrogen and oxygen atoms in total. The molecule has 0 saturated heterocycles. The molecule has 1 aliphatic rings. The molecule has 0 bridgehead atoms. The number of rotatable bonds is 3. The van der Waals surface area contributed by atoms with Crippen molar-refractivity contribution in [1.29, 1.82) is 0 Å². The topological polar surface area (TPSA) is 58.9 Å². The minimum Gasteiger partial charge on any atom is -0.390 e. The van der Waals surface area contributed by atoms with Gasteiger partial charge in [-0.3, -0.25) is 0 Å². The van der Waals surface area contributed by atoms with Crippen LogP contribution in [0.2, 0.25) is 0 Å². The molecule has 0 aromatic carbocycles. The van der Waals surface area contributed by atoms with Crippen LogP contribution in [-0.2, 0) is 4.74 Å². The van der Waals surface area contributed by atoms with Crippen LogP contribution in [0.4, 0.5) is 0 Å². The summed E-state index contributed by atoms with van der Waals surface area (Å²) in [5, 5.41) is 13.0. The molecule has 1 rings (SSSR count). The van der Waals surface area contributed by atoms with Crippen LogP contribution < -0.4 is 0 Å². The quantitative estimate of drug-likeness (QED) is 0.733. The molecule has 3 atom stereocenters. The Morgan fingerprint density at radius 1 is 1.47 bits per heavy atom. The fraction of sp³-hybridized carbons (Fsp3) is 1.00. The van der Waals surface area contributed by atoms with Crippen LogP contribution in [0.1, 0.15) is 40.0 Å². The molecule has 0 radical (unpaired) electrons. The van der Waals surface area contributed by atoms with Crippen molar-refractivity contribution in [3.8, 4) is 0 Å². The number of ether oxygens (including phenoxy) is 1. The molecule has 15 heavy (non-hydrogen) atoms. The van der Waals surface area contributed by atoms with Gasteiger partial charge in [0.25, 0.3) is 0 Å². The lowest BCUT2D eigenvalue weighted by Crippen LogP contribution is -2.53. The minimum absolute atomic E-state index is 0.302. The first-order valence-electron chi connectivity index (χ1n) is 5.48. The predicted octanol–water partition coefficient (Wildman–Crippen LogP) is 2.10. The summed E-state index contributed by atoms with van der Waals surface area (Å²) in [6.45, 7) is 5.87. The summed E-state index contributed by atoms with van der Waals surface area (Å²) in [6.07, 6.45) is 1.15. The lowest BCUT2D eigenvalue weighted by atomic mass is 9.69. The predicted molar refractivity (Wildman–Crippen MR) is 58.6 cm³/mol. The van der Waals surface area contributed by atoms with Gasteiger partial charge in [0, 0.05) is 13.5 Å². The molecule has 1 aliphatic carbocycles. The van der Waals surface area contributed by atoms with E-state index in [1.54, 1.807) is 14.0 Å². The Balaban J connectivity index is 2.84. The Labute approximate surface area is 91.0 Å². The fourth-order valence-corrected chi connectivity index (χ4v) is 2.33. The second-order valence-electron chi connectivity index (χ2n) is 5.09. The largest absolute Gasteiger partial charge is 0.390 e. The van der Waals surface area contributed by atoms with E-state index in [1.165, 1.54) is 0 Å². The van der Waals surface area contributed by atoms with Crippen LogP contribution in [0, 0.1) is 10.8 Å². The van der Waals surface area contributed by atoms with Crippen LogP contribution in [0.25, 0.3) is 0 Å². The first-order chi connectivity index (χ1) is 6.90. The van der Waals surface area contributed by atoms with Gasteiger partial charge in [-0.05, 0) is 25.7 Å².